The third kappa shape index (κ3) is 3.14. The zero-order valence-corrected chi connectivity index (χ0v) is 11.8. The van der Waals surface area contributed by atoms with Gasteiger partial charge in [-0.05, 0) is 65.1 Å². The van der Waals surface area contributed by atoms with E-state index >= 15 is 0 Å². The van der Waals surface area contributed by atoms with E-state index in [9.17, 15) is 0 Å². The molecule has 0 aromatic heterocycles. The summed E-state index contributed by atoms with van der Waals surface area (Å²) in [7, 11) is 0. The van der Waals surface area contributed by atoms with Crippen LogP contribution in [0.4, 0.5) is 5.69 Å². The fourth-order valence-electron chi connectivity index (χ4n) is 1.33. The molecule has 0 aliphatic carbocycles. The second kappa shape index (κ2) is 5.43. The molecule has 0 saturated heterocycles. The van der Waals surface area contributed by atoms with Crippen molar-refractivity contribution in [3.8, 4) is 6.07 Å². The van der Waals surface area contributed by atoms with Crippen molar-refractivity contribution in [1.29, 1.82) is 5.26 Å². The van der Waals surface area contributed by atoms with Gasteiger partial charge < -0.3 is 5.73 Å². The molecule has 0 bridgehead atoms. The zero-order chi connectivity index (χ0) is 12.3. The van der Waals surface area contributed by atoms with E-state index in [-0.39, 0.29) is 0 Å². The molecule has 0 heterocycles. The van der Waals surface area contributed by atoms with Crippen LogP contribution in [0, 0.1) is 14.9 Å². The third-order valence-corrected chi connectivity index (χ3v) is 4.11. The summed E-state index contributed by atoms with van der Waals surface area (Å²) in [4.78, 5) is 2.18. The highest BCUT2D eigenvalue weighted by molar-refractivity contribution is 14.1. The Hall–Kier alpha value is -1.19. The van der Waals surface area contributed by atoms with Gasteiger partial charge >= 0.3 is 0 Å². The van der Waals surface area contributed by atoms with Gasteiger partial charge in [0.05, 0.1) is 5.56 Å². The average molecular weight is 352 g/mol. The van der Waals surface area contributed by atoms with Gasteiger partial charge in [-0.25, -0.2) is 0 Å². The van der Waals surface area contributed by atoms with Crippen molar-refractivity contribution >= 4 is 40.0 Å². The Morgan fingerprint density at radius 2 is 1.71 bits per heavy atom. The van der Waals surface area contributed by atoms with E-state index in [2.05, 4.69) is 28.7 Å². The van der Waals surface area contributed by atoms with Crippen LogP contribution < -0.4 is 5.73 Å². The molecule has 2 aromatic carbocycles. The maximum Gasteiger partial charge on any atom is 0.100 e. The van der Waals surface area contributed by atoms with E-state index in [1.165, 1.54) is 0 Å². The third-order valence-electron chi connectivity index (χ3n) is 2.17. The van der Waals surface area contributed by atoms with E-state index in [1.807, 2.05) is 42.5 Å². The van der Waals surface area contributed by atoms with E-state index < -0.39 is 0 Å². The Bertz CT molecular complexity index is 573. The summed E-state index contributed by atoms with van der Waals surface area (Å²) in [6, 6.07) is 15.8. The molecule has 84 valence electrons. The number of nitrogens with two attached hydrogens (primary N) is 1. The lowest BCUT2D eigenvalue weighted by Gasteiger charge is -2.03. The number of nitrogens with zero attached hydrogens (tertiary/aromatic N) is 1. The molecule has 2 rings (SSSR count). The summed E-state index contributed by atoms with van der Waals surface area (Å²) in [6.07, 6.45) is 0. The Morgan fingerprint density at radius 3 is 2.35 bits per heavy atom. The number of rotatable bonds is 2. The van der Waals surface area contributed by atoms with Gasteiger partial charge in [-0.2, -0.15) is 5.26 Å². The minimum Gasteiger partial charge on any atom is -0.399 e. The number of nitriles is 1. The summed E-state index contributed by atoms with van der Waals surface area (Å²) in [5.41, 5.74) is 7.11. The summed E-state index contributed by atoms with van der Waals surface area (Å²) >= 11 is 3.79. The maximum atomic E-state index is 8.96. The number of anilines is 1. The molecule has 17 heavy (non-hydrogen) atoms. The standard InChI is InChI=1S/C13H9IN2S/c14-13-6-5-12(7-9(13)8-15)17-11-3-1-10(16)2-4-11/h1-7H,16H2. The van der Waals surface area contributed by atoms with Crippen LogP contribution >= 0.6 is 34.4 Å². The minimum atomic E-state index is 0.714. The van der Waals surface area contributed by atoms with Crippen LogP contribution in [0.5, 0.6) is 0 Å². The van der Waals surface area contributed by atoms with Crippen LogP contribution in [0.25, 0.3) is 0 Å². The zero-order valence-electron chi connectivity index (χ0n) is 8.85. The second-order valence-corrected chi connectivity index (χ2v) is 5.73. The Labute approximate surface area is 118 Å². The highest BCUT2D eigenvalue weighted by Crippen LogP contribution is 2.29. The molecule has 0 atom stereocenters. The van der Waals surface area contributed by atoms with E-state index in [4.69, 9.17) is 11.0 Å². The molecule has 0 aliphatic heterocycles. The highest BCUT2D eigenvalue weighted by atomic mass is 127. The number of hydrogen-bond donors (Lipinski definition) is 1. The number of benzene rings is 2. The Kier molecular flexibility index (Phi) is 3.92. The first-order chi connectivity index (χ1) is 8.19. The van der Waals surface area contributed by atoms with Crippen LogP contribution in [0.2, 0.25) is 0 Å². The minimum absolute atomic E-state index is 0.714. The van der Waals surface area contributed by atoms with Crippen LogP contribution in [0.15, 0.2) is 52.3 Å². The molecule has 2 nitrogen and oxygen atoms in total. The summed E-state index contributed by atoms with van der Waals surface area (Å²) in [6.45, 7) is 0. The van der Waals surface area contributed by atoms with Crippen molar-refractivity contribution in [3.63, 3.8) is 0 Å². The molecule has 0 saturated carbocycles. The van der Waals surface area contributed by atoms with Crippen LogP contribution in [-0.2, 0) is 0 Å². The topological polar surface area (TPSA) is 49.8 Å². The molecule has 0 fully saturated rings. The lowest BCUT2D eigenvalue weighted by Crippen LogP contribution is -1.84. The first-order valence-electron chi connectivity index (χ1n) is 4.92. The lowest BCUT2D eigenvalue weighted by atomic mass is 10.2. The fraction of sp³-hybridized carbons (Fsp3) is 0. The lowest BCUT2D eigenvalue weighted by molar-refractivity contribution is 1.36. The van der Waals surface area contributed by atoms with Gasteiger partial charge in [0.1, 0.15) is 6.07 Å². The highest BCUT2D eigenvalue weighted by Gasteiger charge is 2.02. The van der Waals surface area contributed by atoms with Crippen LogP contribution in [0.3, 0.4) is 0 Å². The molecular formula is C13H9IN2S. The Balaban J connectivity index is 2.25. The molecule has 0 aliphatic rings. The van der Waals surface area contributed by atoms with Crippen molar-refractivity contribution in [2.75, 3.05) is 5.73 Å². The average Bonchev–Trinajstić information content (AvgIpc) is 2.34. The summed E-state index contributed by atoms with van der Waals surface area (Å²) < 4.78 is 0.978. The van der Waals surface area contributed by atoms with E-state index in [0.717, 1.165) is 19.0 Å². The van der Waals surface area contributed by atoms with Gasteiger partial charge in [-0.15, -0.1) is 0 Å². The summed E-state index contributed by atoms with van der Waals surface area (Å²) in [5.74, 6) is 0. The predicted molar refractivity (Wildman–Crippen MR) is 78.9 cm³/mol. The van der Waals surface area contributed by atoms with Gasteiger partial charge in [0.25, 0.3) is 0 Å². The normalized spacial score (nSPS) is 9.88. The molecule has 0 amide bonds. The maximum absolute atomic E-state index is 8.96. The van der Waals surface area contributed by atoms with Gasteiger partial charge in [0, 0.05) is 19.0 Å². The largest absolute Gasteiger partial charge is 0.399 e. The molecule has 0 radical (unpaired) electrons. The first kappa shape index (κ1) is 12.3. The molecule has 4 heteroatoms. The molecule has 0 unspecified atom stereocenters. The smallest absolute Gasteiger partial charge is 0.100 e. The van der Waals surface area contributed by atoms with Gasteiger partial charge in [0.2, 0.25) is 0 Å². The number of hydrogen-bond acceptors (Lipinski definition) is 3. The summed E-state index contributed by atoms with van der Waals surface area (Å²) in [5, 5.41) is 8.96. The SMILES string of the molecule is N#Cc1cc(Sc2ccc(N)cc2)ccc1I. The van der Waals surface area contributed by atoms with Crippen LogP contribution in [-0.4, -0.2) is 0 Å². The van der Waals surface area contributed by atoms with Crippen molar-refractivity contribution in [1.82, 2.24) is 0 Å². The fourth-order valence-corrected chi connectivity index (χ4v) is 2.64. The van der Waals surface area contributed by atoms with E-state index in [0.29, 0.717) is 5.56 Å². The molecule has 2 N–H and O–H groups in total. The second-order valence-electron chi connectivity index (χ2n) is 3.42. The molecule has 0 spiro atoms. The van der Waals surface area contributed by atoms with Crippen molar-refractivity contribution in [3.05, 3.63) is 51.6 Å². The van der Waals surface area contributed by atoms with Crippen LogP contribution in [0.1, 0.15) is 5.56 Å². The monoisotopic (exact) mass is 352 g/mol. The number of nitrogen functional groups attached to an aromatic ring is 1. The van der Waals surface area contributed by atoms with Gasteiger partial charge in [-0.3, -0.25) is 0 Å². The first-order valence-corrected chi connectivity index (χ1v) is 6.81. The van der Waals surface area contributed by atoms with Crippen molar-refractivity contribution < 1.29 is 0 Å². The van der Waals surface area contributed by atoms with E-state index in [1.54, 1.807) is 11.8 Å². The quantitative estimate of drug-likeness (QED) is 0.659. The molecule has 2 aromatic rings. The Morgan fingerprint density at radius 1 is 1.06 bits per heavy atom. The predicted octanol–water partition coefficient (Wildman–Crippen LogP) is 3.90. The van der Waals surface area contributed by atoms with Gasteiger partial charge in [0.15, 0.2) is 0 Å². The molecular weight excluding hydrogens is 343 g/mol. The number of halogens is 1. The van der Waals surface area contributed by atoms with Crippen molar-refractivity contribution in [2.45, 2.75) is 9.79 Å². The van der Waals surface area contributed by atoms with Gasteiger partial charge in [-0.1, -0.05) is 11.8 Å². The van der Waals surface area contributed by atoms with Crippen molar-refractivity contribution in [2.24, 2.45) is 0 Å².